The van der Waals surface area contributed by atoms with E-state index in [9.17, 15) is 4.79 Å². The van der Waals surface area contributed by atoms with Crippen molar-refractivity contribution in [2.24, 2.45) is 5.16 Å². The lowest BCUT2D eigenvalue weighted by molar-refractivity contribution is -0.110. The zero-order valence-corrected chi connectivity index (χ0v) is 8.06. The van der Waals surface area contributed by atoms with Crippen molar-refractivity contribution in [1.82, 2.24) is 0 Å². The Morgan fingerprint density at radius 1 is 1.47 bits per heavy atom. The lowest BCUT2D eigenvalue weighted by Crippen LogP contribution is -2.21. The maximum atomic E-state index is 11.2. The number of anilines is 1. The number of rotatable bonds is 2. The van der Waals surface area contributed by atoms with Crippen LogP contribution in [-0.2, 0) is 4.79 Å². The Morgan fingerprint density at radius 2 is 2.07 bits per heavy atom. The number of nitriles is 1. The van der Waals surface area contributed by atoms with Crippen LogP contribution in [0.15, 0.2) is 29.4 Å². The Labute approximate surface area is 86.6 Å². The van der Waals surface area contributed by atoms with Crippen LogP contribution in [0.3, 0.4) is 0 Å². The highest BCUT2D eigenvalue weighted by atomic mass is 16.4. The van der Waals surface area contributed by atoms with E-state index in [0.29, 0.717) is 5.69 Å². The van der Waals surface area contributed by atoms with Crippen LogP contribution < -0.4 is 5.32 Å². The summed E-state index contributed by atoms with van der Waals surface area (Å²) in [5.74, 6) is -0.733. The highest BCUT2D eigenvalue weighted by molar-refractivity contribution is 6.48. The summed E-state index contributed by atoms with van der Waals surface area (Å²) in [6.45, 7) is 1.92. The van der Waals surface area contributed by atoms with Crippen molar-refractivity contribution in [2.45, 2.75) is 6.92 Å². The summed E-state index contributed by atoms with van der Waals surface area (Å²) < 4.78 is 0. The molecule has 1 aromatic rings. The van der Waals surface area contributed by atoms with Crippen LogP contribution in [0.5, 0.6) is 0 Å². The Balaban J connectivity index is 2.76. The number of carbonyl (C=O) groups excluding carboxylic acids is 1. The molecule has 2 N–H and O–H groups in total. The van der Waals surface area contributed by atoms with Gasteiger partial charge in [-0.3, -0.25) is 4.79 Å². The topological polar surface area (TPSA) is 85.5 Å². The van der Waals surface area contributed by atoms with Crippen LogP contribution in [0.2, 0.25) is 0 Å². The largest absolute Gasteiger partial charge is 0.410 e. The zero-order chi connectivity index (χ0) is 11.3. The minimum atomic E-state index is -0.733. The van der Waals surface area contributed by atoms with Gasteiger partial charge in [-0.05, 0) is 19.1 Å². The molecule has 0 atom stereocenters. The van der Waals surface area contributed by atoms with Crippen molar-refractivity contribution in [2.75, 3.05) is 5.32 Å². The molecular weight excluding hydrogens is 194 g/mol. The van der Waals surface area contributed by atoms with E-state index in [1.165, 1.54) is 6.07 Å². The fourth-order valence-corrected chi connectivity index (χ4v) is 0.946. The summed E-state index contributed by atoms with van der Waals surface area (Å²) in [5.41, 5.74) is 1.03. The SMILES string of the molecule is Cc1ccc(NC(=O)/C(C#N)=N/O)cc1. The number of hydrogen-bond donors (Lipinski definition) is 2. The first kappa shape index (κ1) is 10.7. The third kappa shape index (κ3) is 2.81. The zero-order valence-electron chi connectivity index (χ0n) is 8.06. The number of benzene rings is 1. The molecule has 0 spiro atoms. The van der Waals surface area contributed by atoms with Crippen LogP contribution in [0.1, 0.15) is 5.56 Å². The maximum Gasteiger partial charge on any atom is 0.288 e. The molecule has 0 aliphatic carbocycles. The van der Waals surface area contributed by atoms with Crippen LogP contribution in [0.4, 0.5) is 5.69 Å². The molecule has 0 bridgehead atoms. The molecule has 15 heavy (non-hydrogen) atoms. The second-order valence-corrected chi connectivity index (χ2v) is 2.88. The highest BCUT2D eigenvalue weighted by Crippen LogP contribution is 2.08. The number of carbonyl (C=O) groups is 1. The lowest BCUT2D eigenvalue weighted by Gasteiger charge is -2.02. The first-order chi connectivity index (χ1) is 7.17. The van der Waals surface area contributed by atoms with Gasteiger partial charge < -0.3 is 10.5 Å². The number of oxime groups is 1. The summed E-state index contributed by atoms with van der Waals surface area (Å²) in [5, 5.41) is 21.7. The van der Waals surface area contributed by atoms with E-state index in [0.717, 1.165) is 5.56 Å². The monoisotopic (exact) mass is 203 g/mol. The molecule has 0 radical (unpaired) electrons. The quantitative estimate of drug-likeness (QED) is 0.431. The first-order valence-corrected chi connectivity index (χ1v) is 4.17. The van der Waals surface area contributed by atoms with Crippen molar-refractivity contribution in [3.63, 3.8) is 0 Å². The number of nitrogens with zero attached hydrogens (tertiary/aromatic N) is 2. The molecule has 0 aliphatic rings. The molecule has 0 fully saturated rings. The molecule has 5 heteroatoms. The average molecular weight is 203 g/mol. The van der Waals surface area contributed by atoms with Gasteiger partial charge in [0.05, 0.1) is 0 Å². The van der Waals surface area contributed by atoms with Gasteiger partial charge in [0.15, 0.2) is 0 Å². The van der Waals surface area contributed by atoms with Crippen LogP contribution >= 0.6 is 0 Å². The Bertz CT molecular complexity index is 429. The Morgan fingerprint density at radius 3 is 2.53 bits per heavy atom. The number of aryl methyl sites for hydroxylation is 1. The molecule has 76 valence electrons. The smallest absolute Gasteiger partial charge is 0.288 e. The molecule has 0 saturated carbocycles. The van der Waals surface area contributed by atoms with Gasteiger partial charge in [0.1, 0.15) is 6.07 Å². The lowest BCUT2D eigenvalue weighted by atomic mass is 10.2. The molecule has 5 nitrogen and oxygen atoms in total. The van der Waals surface area contributed by atoms with Gasteiger partial charge in [0.25, 0.3) is 5.91 Å². The van der Waals surface area contributed by atoms with E-state index < -0.39 is 11.6 Å². The Kier molecular flexibility index (Phi) is 3.41. The van der Waals surface area contributed by atoms with Gasteiger partial charge in [-0.1, -0.05) is 22.9 Å². The number of nitrogens with one attached hydrogen (secondary N) is 1. The third-order valence-corrected chi connectivity index (χ3v) is 1.73. The molecule has 0 heterocycles. The number of hydrogen-bond acceptors (Lipinski definition) is 4. The second kappa shape index (κ2) is 4.77. The molecule has 0 aliphatic heterocycles. The summed E-state index contributed by atoms with van der Waals surface area (Å²) in [6.07, 6.45) is 0. The summed E-state index contributed by atoms with van der Waals surface area (Å²) in [6, 6.07) is 8.49. The minimum absolute atomic E-state index is 0.544. The van der Waals surface area contributed by atoms with Crippen molar-refractivity contribution in [3.05, 3.63) is 29.8 Å². The van der Waals surface area contributed by atoms with E-state index in [-0.39, 0.29) is 0 Å². The summed E-state index contributed by atoms with van der Waals surface area (Å²) in [7, 11) is 0. The molecule has 0 unspecified atom stereocenters. The maximum absolute atomic E-state index is 11.2. The highest BCUT2D eigenvalue weighted by Gasteiger charge is 2.10. The average Bonchev–Trinajstić information content (AvgIpc) is 2.23. The number of amides is 1. The van der Waals surface area contributed by atoms with E-state index in [1.807, 2.05) is 19.1 Å². The second-order valence-electron chi connectivity index (χ2n) is 2.88. The van der Waals surface area contributed by atoms with E-state index in [4.69, 9.17) is 10.5 Å². The van der Waals surface area contributed by atoms with Crippen molar-refractivity contribution < 1.29 is 10.0 Å². The molecule has 0 saturated heterocycles. The molecule has 0 aromatic heterocycles. The molecule has 1 amide bonds. The van der Waals surface area contributed by atoms with Crippen molar-refractivity contribution >= 4 is 17.3 Å². The normalized spacial score (nSPS) is 10.5. The van der Waals surface area contributed by atoms with E-state index >= 15 is 0 Å². The van der Waals surface area contributed by atoms with Gasteiger partial charge in [-0.25, -0.2) is 0 Å². The molecule has 1 aromatic carbocycles. The van der Waals surface area contributed by atoms with Gasteiger partial charge in [-0.15, -0.1) is 0 Å². The van der Waals surface area contributed by atoms with Gasteiger partial charge in [-0.2, -0.15) is 5.26 Å². The predicted molar refractivity (Wildman–Crippen MR) is 54.6 cm³/mol. The van der Waals surface area contributed by atoms with Crippen LogP contribution in [0, 0.1) is 18.3 Å². The minimum Gasteiger partial charge on any atom is -0.410 e. The first-order valence-electron chi connectivity index (χ1n) is 4.17. The predicted octanol–water partition coefficient (Wildman–Crippen LogP) is 1.29. The fraction of sp³-hybridized carbons (Fsp3) is 0.100. The Hall–Kier alpha value is -2.35. The van der Waals surface area contributed by atoms with Gasteiger partial charge in [0.2, 0.25) is 5.71 Å². The molecule has 1 rings (SSSR count). The van der Waals surface area contributed by atoms with Crippen molar-refractivity contribution in [1.29, 1.82) is 5.26 Å². The van der Waals surface area contributed by atoms with Crippen LogP contribution in [-0.4, -0.2) is 16.8 Å². The molecular formula is C10H9N3O2. The van der Waals surface area contributed by atoms with Gasteiger partial charge >= 0.3 is 0 Å². The van der Waals surface area contributed by atoms with E-state index in [2.05, 4.69) is 10.5 Å². The summed E-state index contributed by atoms with van der Waals surface area (Å²) in [4.78, 5) is 11.2. The fourth-order valence-electron chi connectivity index (χ4n) is 0.946. The van der Waals surface area contributed by atoms with Crippen LogP contribution in [0.25, 0.3) is 0 Å². The van der Waals surface area contributed by atoms with E-state index in [1.54, 1.807) is 12.1 Å². The standard InChI is InChI=1S/C10H9N3O2/c1-7-2-4-8(5-3-7)12-10(14)9(6-11)13-15/h2-5,15H,1H3,(H,12,14)/b13-9+. The van der Waals surface area contributed by atoms with Gasteiger partial charge in [0, 0.05) is 5.69 Å². The summed E-state index contributed by atoms with van der Waals surface area (Å²) >= 11 is 0. The third-order valence-electron chi connectivity index (χ3n) is 1.73. The van der Waals surface area contributed by atoms with Crippen molar-refractivity contribution in [3.8, 4) is 6.07 Å².